The summed E-state index contributed by atoms with van der Waals surface area (Å²) in [6, 6.07) is 3.26. The van der Waals surface area contributed by atoms with E-state index in [2.05, 4.69) is 0 Å². The van der Waals surface area contributed by atoms with Crippen LogP contribution < -0.4 is 0 Å². The molecule has 1 heterocycles. The molecular weight excluding hydrogens is 270 g/mol. The zero-order valence-corrected chi connectivity index (χ0v) is 13.4. The first-order valence-electron chi connectivity index (χ1n) is 7.40. The average Bonchev–Trinajstić information content (AvgIpc) is 2.87. The summed E-state index contributed by atoms with van der Waals surface area (Å²) in [4.78, 5) is 13.2. The van der Waals surface area contributed by atoms with Crippen molar-refractivity contribution in [1.29, 1.82) is 0 Å². The summed E-state index contributed by atoms with van der Waals surface area (Å²) in [7, 11) is 0. The van der Waals surface area contributed by atoms with Gasteiger partial charge in [0.2, 0.25) is 0 Å². The Labute approximate surface area is 126 Å². The number of rotatable bonds is 7. The molecule has 1 aromatic heterocycles. The number of amides is 1. The molecule has 0 unspecified atom stereocenters. The molecule has 0 aliphatic rings. The highest BCUT2D eigenvalue weighted by Crippen LogP contribution is 2.34. The van der Waals surface area contributed by atoms with Crippen molar-refractivity contribution in [3.05, 3.63) is 24.2 Å². The highest BCUT2D eigenvalue weighted by Gasteiger charge is 2.34. The number of nitrogens with zero attached hydrogens (tertiary/aromatic N) is 1. The van der Waals surface area contributed by atoms with Crippen LogP contribution in [0.3, 0.4) is 0 Å². The Morgan fingerprint density at radius 2 is 2.10 bits per heavy atom. The molecule has 0 spiro atoms. The fourth-order valence-corrected chi connectivity index (χ4v) is 2.57. The molecule has 5 heteroatoms. The Bertz CT molecular complexity index is 422. The fourth-order valence-electron chi connectivity index (χ4n) is 2.57. The molecule has 2 atom stereocenters. The summed E-state index contributed by atoms with van der Waals surface area (Å²) >= 11 is 0. The molecule has 1 aromatic rings. The van der Waals surface area contributed by atoms with Crippen LogP contribution in [0.25, 0.3) is 0 Å². The lowest BCUT2D eigenvalue weighted by Crippen LogP contribution is -2.42. The minimum Gasteiger partial charge on any atom is -0.467 e. The summed E-state index contributed by atoms with van der Waals surface area (Å²) in [5, 5.41) is 18.6. The van der Waals surface area contributed by atoms with Gasteiger partial charge >= 0.3 is 6.09 Å². The lowest BCUT2D eigenvalue weighted by molar-refractivity contribution is 0.0716. The molecule has 0 bridgehead atoms. The van der Waals surface area contributed by atoms with Gasteiger partial charge in [-0.3, -0.25) is 4.90 Å². The van der Waals surface area contributed by atoms with E-state index in [1.54, 1.807) is 12.3 Å². The molecule has 21 heavy (non-hydrogen) atoms. The first-order chi connectivity index (χ1) is 9.76. The maximum atomic E-state index is 11.7. The maximum Gasteiger partial charge on any atom is 0.407 e. The van der Waals surface area contributed by atoms with Crippen molar-refractivity contribution in [3.63, 3.8) is 0 Å². The van der Waals surface area contributed by atoms with Gasteiger partial charge in [-0.1, -0.05) is 27.7 Å². The quantitative estimate of drug-likeness (QED) is 0.803. The molecule has 0 saturated carbocycles. The predicted octanol–water partition coefficient (Wildman–Crippen LogP) is 3.76. The van der Waals surface area contributed by atoms with E-state index >= 15 is 0 Å². The topological polar surface area (TPSA) is 73.9 Å². The van der Waals surface area contributed by atoms with Crippen LogP contribution in [-0.2, 0) is 0 Å². The number of carboxylic acid groups (broad SMARTS) is 1. The van der Waals surface area contributed by atoms with Gasteiger partial charge in [-0.2, -0.15) is 0 Å². The van der Waals surface area contributed by atoms with Gasteiger partial charge in [0.25, 0.3) is 0 Å². The minimum absolute atomic E-state index is 0.0711. The van der Waals surface area contributed by atoms with E-state index < -0.39 is 6.09 Å². The van der Waals surface area contributed by atoms with Crippen molar-refractivity contribution >= 4 is 6.09 Å². The van der Waals surface area contributed by atoms with E-state index in [1.165, 1.54) is 4.90 Å². The second kappa shape index (κ2) is 7.50. The van der Waals surface area contributed by atoms with E-state index in [4.69, 9.17) is 9.52 Å². The van der Waals surface area contributed by atoms with Crippen LogP contribution in [0.1, 0.15) is 52.3 Å². The van der Waals surface area contributed by atoms with Crippen molar-refractivity contribution in [2.24, 2.45) is 11.3 Å². The van der Waals surface area contributed by atoms with Crippen LogP contribution in [-0.4, -0.2) is 34.4 Å². The molecule has 0 fully saturated rings. The summed E-state index contributed by atoms with van der Waals surface area (Å²) in [6.45, 7) is 8.59. The van der Waals surface area contributed by atoms with Crippen LogP contribution in [0.15, 0.2) is 22.8 Å². The number of furan rings is 1. The molecule has 0 radical (unpaired) electrons. The van der Waals surface area contributed by atoms with Gasteiger partial charge in [-0.15, -0.1) is 0 Å². The summed E-state index contributed by atoms with van der Waals surface area (Å²) < 4.78 is 5.47. The molecule has 1 amide bonds. The number of aliphatic hydroxyl groups is 1. The van der Waals surface area contributed by atoms with Crippen LogP contribution in [0.5, 0.6) is 0 Å². The Morgan fingerprint density at radius 3 is 2.52 bits per heavy atom. The van der Waals surface area contributed by atoms with Gasteiger partial charge in [0, 0.05) is 13.2 Å². The van der Waals surface area contributed by atoms with Crippen molar-refractivity contribution in [2.45, 2.75) is 46.6 Å². The summed E-state index contributed by atoms with van der Waals surface area (Å²) in [6.07, 6.45) is 2.03. The number of hydrogen-bond acceptors (Lipinski definition) is 3. The van der Waals surface area contributed by atoms with Gasteiger partial charge < -0.3 is 14.6 Å². The Hall–Kier alpha value is -1.49. The number of carbonyl (C=O) groups is 1. The average molecular weight is 297 g/mol. The molecule has 5 nitrogen and oxygen atoms in total. The van der Waals surface area contributed by atoms with Crippen LogP contribution >= 0.6 is 0 Å². The Morgan fingerprint density at radius 1 is 1.43 bits per heavy atom. The van der Waals surface area contributed by atoms with E-state index in [1.807, 2.05) is 33.8 Å². The zero-order chi connectivity index (χ0) is 16.0. The standard InChI is InChI=1S/C16H27NO4/c1-12(7-5-9-18)14(13-8-6-10-21-13)17(15(19)20)11-16(2,3)4/h6,8,10,12,14,18H,5,7,9,11H2,1-4H3,(H,19,20)/t12-,14+/m1/s1. The smallest absolute Gasteiger partial charge is 0.407 e. The van der Waals surface area contributed by atoms with Crippen molar-refractivity contribution in [2.75, 3.05) is 13.2 Å². The molecule has 0 saturated heterocycles. The Balaban J connectivity index is 3.04. The summed E-state index contributed by atoms with van der Waals surface area (Å²) in [5.41, 5.74) is -0.139. The molecule has 120 valence electrons. The van der Waals surface area contributed by atoms with E-state index in [0.29, 0.717) is 18.7 Å². The molecule has 2 N–H and O–H groups in total. The molecule has 0 aliphatic heterocycles. The normalized spacial score (nSPS) is 14.7. The third-order valence-corrected chi connectivity index (χ3v) is 3.42. The minimum atomic E-state index is -0.942. The predicted molar refractivity (Wildman–Crippen MR) is 81.1 cm³/mol. The van der Waals surface area contributed by atoms with Gasteiger partial charge in [-0.05, 0) is 36.3 Å². The first kappa shape index (κ1) is 17.6. The zero-order valence-electron chi connectivity index (χ0n) is 13.4. The first-order valence-corrected chi connectivity index (χ1v) is 7.40. The van der Waals surface area contributed by atoms with Crippen LogP contribution in [0.4, 0.5) is 4.79 Å². The SMILES string of the molecule is C[C@H](CCCO)[C@@H](c1ccco1)N(CC(C)(C)C)C(=O)O. The molecule has 0 aromatic carbocycles. The summed E-state index contributed by atoms with van der Waals surface area (Å²) in [5.74, 6) is 0.730. The number of aliphatic hydroxyl groups excluding tert-OH is 1. The van der Waals surface area contributed by atoms with E-state index in [0.717, 1.165) is 6.42 Å². The van der Waals surface area contributed by atoms with Crippen molar-refractivity contribution in [3.8, 4) is 0 Å². The lowest BCUT2D eigenvalue weighted by Gasteiger charge is -2.36. The lowest BCUT2D eigenvalue weighted by atomic mass is 9.90. The molecule has 0 aliphatic carbocycles. The van der Waals surface area contributed by atoms with Gasteiger partial charge in [0.1, 0.15) is 5.76 Å². The second-order valence-electron chi connectivity index (χ2n) is 6.77. The highest BCUT2D eigenvalue weighted by atomic mass is 16.4. The van der Waals surface area contributed by atoms with Gasteiger partial charge in [-0.25, -0.2) is 4.79 Å². The fraction of sp³-hybridized carbons (Fsp3) is 0.688. The largest absolute Gasteiger partial charge is 0.467 e. The second-order valence-corrected chi connectivity index (χ2v) is 6.77. The van der Waals surface area contributed by atoms with Crippen LogP contribution in [0.2, 0.25) is 0 Å². The highest BCUT2D eigenvalue weighted by molar-refractivity contribution is 5.65. The number of hydrogen-bond donors (Lipinski definition) is 2. The van der Waals surface area contributed by atoms with E-state index in [9.17, 15) is 9.90 Å². The monoisotopic (exact) mass is 297 g/mol. The Kier molecular flexibility index (Phi) is 6.27. The third kappa shape index (κ3) is 5.42. The molecular formula is C16H27NO4. The van der Waals surface area contributed by atoms with Crippen molar-refractivity contribution < 1.29 is 19.4 Å². The van der Waals surface area contributed by atoms with Gasteiger partial charge in [0.15, 0.2) is 0 Å². The van der Waals surface area contributed by atoms with Crippen LogP contribution in [0, 0.1) is 11.3 Å². The van der Waals surface area contributed by atoms with E-state index in [-0.39, 0.29) is 24.0 Å². The third-order valence-electron chi connectivity index (χ3n) is 3.42. The van der Waals surface area contributed by atoms with Gasteiger partial charge in [0.05, 0.1) is 12.3 Å². The molecule has 1 rings (SSSR count). The maximum absolute atomic E-state index is 11.7. The van der Waals surface area contributed by atoms with Crippen molar-refractivity contribution in [1.82, 2.24) is 4.90 Å².